The summed E-state index contributed by atoms with van der Waals surface area (Å²) in [5.41, 5.74) is 0. The molecule has 0 saturated heterocycles. The quantitative estimate of drug-likeness (QED) is 0.547. The summed E-state index contributed by atoms with van der Waals surface area (Å²) < 4.78 is 19.1. The number of rotatable bonds is 2. The van der Waals surface area contributed by atoms with Crippen LogP contribution in [0.25, 0.3) is 0 Å². The van der Waals surface area contributed by atoms with Gasteiger partial charge in [-0.25, -0.2) is 0 Å². The third kappa shape index (κ3) is 6.25. The fourth-order valence-corrected chi connectivity index (χ4v) is 0.677. The zero-order valence-corrected chi connectivity index (χ0v) is 5.10. The van der Waals surface area contributed by atoms with Crippen molar-refractivity contribution >= 4 is 16.1 Å². The van der Waals surface area contributed by atoms with E-state index >= 15 is 0 Å². The minimum Gasteiger partial charge on any atom is -0.324 e. The molecule has 0 aromatic heterocycles. The minimum atomic E-state index is -3.99. The fraction of sp³-hybridized carbons (Fsp3) is 1.00. The zero-order chi connectivity index (χ0) is 5.91. The summed E-state index contributed by atoms with van der Waals surface area (Å²) in [4.78, 5) is 15.8. The molecule has 0 spiro atoms. The minimum absolute atomic E-state index is 0.504. The second-order valence-electron chi connectivity index (χ2n) is 0.935. The smallest absolute Gasteiger partial charge is 0.324 e. The van der Waals surface area contributed by atoms with Gasteiger partial charge in [0, 0.05) is 0 Å². The van der Waals surface area contributed by atoms with Gasteiger partial charge in [-0.05, 0) is 0 Å². The highest BCUT2D eigenvalue weighted by Crippen LogP contribution is 2.37. The predicted octanol–water partition coefficient (Wildman–Crippen LogP) is 0.413. The normalized spacial score (nSPS) is 12.3. The van der Waals surface area contributed by atoms with Gasteiger partial charge in [-0.1, -0.05) is 0 Å². The first-order valence-electron chi connectivity index (χ1n) is 1.40. The van der Waals surface area contributed by atoms with E-state index in [1.54, 1.807) is 0 Å². The SMILES string of the molecule is O=PCP(=O)(O)O. The lowest BCUT2D eigenvalue weighted by Crippen LogP contribution is -1.74. The van der Waals surface area contributed by atoms with E-state index in [9.17, 15) is 9.13 Å². The Labute approximate surface area is 41.9 Å². The van der Waals surface area contributed by atoms with Gasteiger partial charge in [-0.15, -0.1) is 0 Å². The van der Waals surface area contributed by atoms with E-state index in [-0.39, 0.29) is 0 Å². The van der Waals surface area contributed by atoms with Crippen LogP contribution in [0.4, 0.5) is 0 Å². The first-order chi connectivity index (χ1) is 3.06. The highest BCUT2D eigenvalue weighted by atomic mass is 31.2. The molecule has 0 rings (SSSR count). The third-order valence-electron chi connectivity index (χ3n) is 0.242. The summed E-state index contributed by atoms with van der Waals surface area (Å²) in [6, 6.07) is 0. The molecule has 0 heterocycles. The van der Waals surface area contributed by atoms with Gasteiger partial charge in [0.2, 0.25) is 0 Å². The third-order valence-corrected chi connectivity index (χ3v) is 2.18. The summed E-state index contributed by atoms with van der Waals surface area (Å²) in [5.74, 6) is -0.576. The van der Waals surface area contributed by atoms with Gasteiger partial charge in [-0.3, -0.25) is 9.13 Å². The highest BCUT2D eigenvalue weighted by molar-refractivity contribution is 7.60. The van der Waals surface area contributed by atoms with Gasteiger partial charge in [0.15, 0.2) is 8.46 Å². The van der Waals surface area contributed by atoms with Crippen LogP contribution in [0, 0.1) is 0 Å². The monoisotopic (exact) mass is 142 g/mol. The van der Waals surface area contributed by atoms with Crippen molar-refractivity contribution in [2.45, 2.75) is 0 Å². The Balaban J connectivity index is 3.57. The van der Waals surface area contributed by atoms with Crippen molar-refractivity contribution in [3.63, 3.8) is 0 Å². The lowest BCUT2D eigenvalue weighted by Gasteiger charge is -1.91. The average Bonchev–Trinajstić information content (AvgIpc) is 1.30. The van der Waals surface area contributed by atoms with Crippen molar-refractivity contribution in [2.75, 3.05) is 5.90 Å². The van der Waals surface area contributed by atoms with Gasteiger partial charge in [0.25, 0.3) is 0 Å². The van der Waals surface area contributed by atoms with E-state index in [2.05, 4.69) is 0 Å². The van der Waals surface area contributed by atoms with Crippen molar-refractivity contribution < 1.29 is 18.9 Å². The van der Waals surface area contributed by atoms with E-state index in [0.29, 0.717) is 0 Å². The van der Waals surface area contributed by atoms with Crippen LogP contribution >= 0.6 is 16.1 Å². The molecule has 0 aliphatic heterocycles. The van der Waals surface area contributed by atoms with Gasteiger partial charge in [0.05, 0.1) is 0 Å². The van der Waals surface area contributed by atoms with Crippen LogP contribution in [0.3, 0.4) is 0 Å². The average molecular weight is 142 g/mol. The maximum Gasteiger partial charge on any atom is 0.337 e. The van der Waals surface area contributed by atoms with Gasteiger partial charge < -0.3 is 9.79 Å². The summed E-state index contributed by atoms with van der Waals surface area (Å²) in [7, 11) is -4.49. The standard InChI is InChI=1S/CH4O4P2/c2-6-1-7(3,4)5/h1H2,(H2,3,4,5). The van der Waals surface area contributed by atoms with E-state index in [1.807, 2.05) is 0 Å². The Morgan fingerprint density at radius 1 is 1.57 bits per heavy atom. The van der Waals surface area contributed by atoms with E-state index in [1.165, 1.54) is 0 Å². The zero-order valence-electron chi connectivity index (χ0n) is 3.31. The Morgan fingerprint density at radius 2 is 2.00 bits per heavy atom. The van der Waals surface area contributed by atoms with Crippen LogP contribution in [-0.4, -0.2) is 15.7 Å². The molecule has 0 aromatic rings. The van der Waals surface area contributed by atoms with Gasteiger partial charge in [-0.2, -0.15) is 0 Å². The molecule has 4 nitrogen and oxygen atoms in total. The molecule has 2 N–H and O–H groups in total. The molecule has 6 heteroatoms. The number of hydrogen-bond acceptors (Lipinski definition) is 2. The molecule has 0 unspecified atom stereocenters. The maximum absolute atomic E-state index is 9.72. The van der Waals surface area contributed by atoms with Crippen molar-refractivity contribution in [3.8, 4) is 0 Å². The Kier molecular flexibility index (Phi) is 2.62. The molecular weight excluding hydrogens is 138 g/mol. The maximum atomic E-state index is 9.72. The van der Waals surface area contributed by atoms with Crippen molar-refractivity contribution in [3.05, 3.63) is 0 Å². The molecular formula is CH4O4P2. The van der Waals surface area contributed by atoms with Gasteiger partial charge >= 0.3 is 7.60 Å². The van der Waals surface area contributed by atoms with Crippen molar-refractivity contribution in [1.29, 1.82) is 0 Å². The summed E-state index contributed by atoms with van der Waals surface area (Å²) in [6.45, 7) is 0. The van der Waals surface area contributed by atoms with Crippen LogP contribution in [-0.2, 0) is 9.13 Å². The molecule has 0 atom stereocenters. The van der Waals surface area contributed by atoms with E-state index < -0.39 is 22.0 Å². The van der Waals surface area contributed by atoms with Crippen LogP contribution in [0.5, 0.6) is 0 Å². The molecule has 42 valence electrons. The molecule has 0 saturated carbocycles. The topological polar surface area (TPSA) is 74.6 Å². The Morgan fingerprint density at radius 3 is 2.00 bits per heavy atom. The van der Waals surface area contributed by atoms with E-state index in [4.69, 9.17) is 9.79 Å². The van der Waals surface area contributed by atoms with Crippen LogP contribution in [0.1, 0.15) is 0 Å². The molecule has 7 heavy (non-hydrogen) atoms. The summed E-state index contributed by atoms with van der Waals surface area (Å²) in [6.07, 6.45) is 0. The molecule has 0 aromatic carbocycles. The van der Waals surface area contributed by atoms with Crippen LogP contribution < -0.4 is 0 Å². The largest absolute Gasteiger partial charge is 0.337 e. The van der Waals surface area contributed by atoms with E-state index in [0.717, 1.165) is 0 Å². The van der Waals surface area contributed by atoms with Crippen molar-refractivity contribution in [1.82, 2.24) is 0 Å². The Hall–Kier alpha value is 0.250. The molecule has 0 aliphatic carbocycles. The lowest BCUT2D eigenvalue weighted by molar-refractivity contribution is 0.379. The van der Waals surface area contributed by atoms with Gasteiger partial charge in [0.1, 0.15) is 5.90 Å². The molecule has 0 amide bonds. The summed E-state index contributed by atoms with van der Waals surface area (Å²) >= 11 is 0. The lowest BCUT2D eigenvalue weighted by atomic mass is 11.9. The molecule has 0 aliphatic rings. The first-order valence-corrected chi connectivity index (χ1v) is 4.19. The second kappa shape index (κ2) is 2.53. The number of hydrogen-bond donors (Lipinski definition) is 2. The summed E-state index contributed by atoms with van der Waals surface area (Å²) in [5, 5.41) is 0. The predicted molar refractivity (Wildman–Crippen MR) is 24.5 cm³/mol. The van der Waals surface area contributed by atoms with Crippen molar-refractivity contribution in [2.24, 2.45) is 0 Å². The highest BCUT2D eigenvalue weighted by Gasteiger charge is 2.10. The Bertz CT molecular complexity index is 102. The van der Waals surface area contributed by atoms with Crippen LogP contribution in [0.2, 0.25) is 0 Å². The molecule has 0 fully saturated rings. The fourth-order valence-electron chi connectivity index (χ4n) is 0.0752. The second-order valence-corrected chi connectivity index (χ2v) is 3.65. The van der Waals surface area contributed by atoms with Crippen LogP contribution in [0.15, 0.2) is 0 Å². The molecule has 0 radical (unpaired) electrons. The first kappa shape index (κ1) is 7.25. The molecule has 0 bridgehead atoms.